The molecule has 0 spiro atoms. The number of hydrogen-bond acceptors (Lipinski definition) is 3. The number of esters is 1. The van der Waals surface area contributed by atoms with Gasteiger partial charge < -0.3 is 4.74 Å². The van der Waals surface area contributed by atoms with E-state index in [1.165, 1.54) is 19.3 Å². The first-order chi connectivity index (χ1) is 6.65. The van der Waals surface area contributed by atoms with Gasteiger partial charge in [-0.1, -0.05) is 6.42 Å². The van der Waals surface area contributed by atoms with Crippen LogP contribution in [0, 0.1) is 5.92 Å². The molecule has 0 aliphatic heterocycles. The summed E-state index contributed by atoms with van der Waals surface area (Å²) in [5, 5.41) is 0. The van der Waals surface area contributed by atoms with Crippen molar-refractivity contribution in [2.75, 3.05) is 20.2 Å². The standard InChI is InChI=1S/C11H21NO2/c1-4-14-11(13)9(2)12(3)8-10-6-5-7-10/h9-10H,4-8H2,1-3H3. The second kappa shape index (κ2) is 5.35. The van der Waals surface area contributed by atoms with E-state index >= 15 is 0 Å². The summed E-state index contributed by atoms with van der Waals surface area (Å²) in [5.74, 6) is 0.700. The number of carbonyl (C=O) groups is 1. The lowest BCUT2D eigenvalue weighted by Crippen LogP contribution is -2.41. The number of rotatable bonds is 5. The fourth-order valence-corrected chi connectivity index (χ4v) is 1.68. The molecule has 0 radical (unpaired) electrons. The maximum absolute atomic E-state index is 11.4. The molecule has 14 heavy (non-hydrogen) atoms. The third-order valence-electron chi connectivity index (χ3n) is 3.06. The van der Waals surface area contributed by atoms with Crippen LogP contribution in [-0.2, 0) is 9.53 Å². The van der Waals surface area contributed by atoms with Crippen LogP contribution in [0.3, 0.4) is 0 Å². The predicted molar refractivity (Wildman–Crippen MR) is 56.1 cm³/mol. The van der Waals surface area contributed by atoms with E-state index in [-0.39, 0.29) is 12.0 Å². The van der Waals surface area contributed by atoms with E-state index in [0.717, 1.165) is 12.5 Å². The second-order valence-corrected chi connectivity index (χ2v) is 4.16. The first-order valence-corrected chi connectivity index (χ1v) is 5.52. The maximum atomic E-state index is 11.4. The first kappa shape index (κ1) is 11.5. The second-order valence-electron chi connectivity index (χ2n) is 4.16. The van der Waals surface area contributed by atoms with Crippen LogP contribution >= 0.6 is 0 Å². The minimum Gasteiger partial charge on any atom is -0.465 e. The third kappa shape index (κ3) is 2.98. The van der Waals surface area contributed by atoms with Gasteiger partial charge in [0.25, 0.3) is 0 Å². The van der Waals surface area contributed by atoms with Crippen molar-refractivity contribution in [3.8, 4) is 0 Å². The highest BCUT2D eigenvalue weighted by Crippen LogP contribution is 2.27. The largest absolute Gasteiger partial charge is 0.465 e. The van der Waals surface area contributed by atoms with E-state index in [9.17, 15) is 4.79 Å². The summed E-state index contributed by atoms with van der Waals surface area (Å²) in [7, 11) is 2.00. The Morgan fingerprint density at radius 2 is 2.21 bits per heavy atom. The Balaban J connectivity index is 2.26. The van der Waals surface area contributed by atoms with Gasteiger partial charge >= 0.3 is 5.97 Å². The minimum absolute atomic E-state index is 0.101. The monoisotopic (exact) mass is 199 g/mol. The van der Waals surface area contributed by atoms with Crippen molar-refractivity contribution in [1.29, 1.82) is 0 Å². The average molecular weight is 199 g/mol. The summed E-state index contributed by atoms with van der Waals surface area (Å²) in [6.45, 7) is 5.26. The van der Waals surface area contributed by atoms with Crippen LogP contribution in [0.4, 0.5) is 0 Å². The van der Waals surface area contributed by atoms with Gasteiger partial charge in [0.15, 0.2) is 0 Å². The first-order valence-electron chi connectivity index (χ1n) is 5.52. The van der Waals surface area contributed by atoms with Crippen molar-refractivity contribution in [3.63, 3.8) is 0 Å². The van der Waals surface area contributed by atoms with Gasteiger partial charge in [-0.05, 0) is 39.7 Å². The van der Waals surface area contributed by atoms with Crippen molar-refractivity contribution in [3.05, 3.63) is 0 Å². The quantitative estimate of drug-likeness (QED) is 0.631. The Hall–Kier alpha value is -0.570. The van der Waals surface area contributed by atoms with Gasteiger partial charge in [-0.2, -0.15) is 0 Å². The van der Waals surface area contributed by atoms with E-state index in [1.54, 1.807) is 0 Å². The molecule has 0 amide bonds. The summed E-state index contributed by atoms with van der Waals surface area (Å²) in [6.07, 6.45) is 3.99. The van der Waals surface area contributed by atoms with Gasteiger partial charge in [-0.3, -0.25) is 9.69 Å². The van der Waals surface area contributed by atoms with E-state index in [1.807, 2.05) is 20.9 Å². The van der Waals surface area contributed by atoms with Crippen LogP contribution < -0.4 is 0 Å². The number of ether oxygens (including phenoxy) is 1. The van der Waals surface area contributed by atoms with Crippen LogP contribution in [0.25, 0.3) is 0 Å². The molecule has 82 valence electrons. The van der Waals surface area contributed by atoms with Crippen LogP contribution in [0.15, 0.2) is 0 Å². The average Bonchev–Trinajstić information content (AvgIpc) is 2.10. The van der Waals surface area contributed by atoms with Gasteiger partial charge in [-0.15, -0.1) is 0 Å². The Bertz CT molecular complexity index is 190. The zero-order chi connectivity index (χ0) is 10.6. The topological polar surface area (TPSA) is 29.5 Å². The molecule has 0 heterocycles. The molecule has 1 rings (SSSR count). The third-order valence-corrected chi connectivity index (χ3v) is 3.06. The summed E-state index contributed by atoms with van der Waals surface area (Å²) < 4.78 is 4.98. The van der Waals surface area contributed by atoms with Gasteiger partial charge in [0.05, 0.1) is 6.61 Å². The number of likely N-dealkylation sites (N-methyl/N-ethyl adjacent to an activating group) is 1. The minimum atomic E-state index is -0.102. The number of nitrogens with zero attached hydrogens (tertiary/aromatic N) is 1. The summed E-state index contributed by atoms with van der Waals surface area (Å²) >= 11 is 0. The van der Waals surface area contributed by atoms with Gasteiger partial charge in [-0.25, -0.2) is 0 Å². The van der Waals surface area contributed by atoms with Crippen LogP contribution in [0.5, 0.6) is 0 Å². The molecule has 0 N–H and O–H groups in total. The fourth-order valence-electron chi connectivity index (χ4n) is 1.68. The predicted octanol–water partition coefficient (Wildman–Crippen LogP) is 1.67. The van der Waals surface area contributed by atoms with E-state index in [2.05, 4.69) is 4.90 Å². The smallest absolute Gasteiger partial charge is 0.323 e. The molecular formula is C11H21NO2. The molecule has 1 saturated carbocycles. The maximum Gasteiger partial charge on any atom is 0.323 e. The molecule has 1 atom stereocenters. The highest BCUT2D eigenvalue weighted by Gasteiger charge is 2.24. The molecule has 0 bridgehead atoms. The molecule has 0 saturated heterocycles. The molecule has 0 aromatic carbocycles. The Morgan fingerprint density at radius 3 is 2.64 bits per heavy atom. The molecule has 3 nitrogen and oxygen atoms in total. The molecule has 1 aliphatic rings. The number of carbonyl (C=O) groups excluding carboxylic acids is 1. The highest BCUT2D eigenvalue weighted by molar-refractivity contribution is 5.75. The summed E-state index contributed by atoms with van der Waals surface area (Å²) in [5.41, 5.74) is 0. The van der Waals surface area contributed by atoms with Crippen molar-refractivity contribution in [1.82, 2.24) is 4.90 Å². The fraction of sp³-hybridized carbons (Fsp3) is 0.909. The highest BCUT2D eigenvalue weighted by atomic mass is 16.5. The molecule has 0 aromatic heterocycles. The zero-order valence-electron chi connectivity index (χ0n) is 9.45. The lowest BCUT2D eigenvalue weighted by molar-refractivity contribution is -0.148. The van der Waals surface area contributed by atoms with E-state index in [0.29, 0.717) is 6.61 Å². The summed E-state index contributed by atoms with van der Waals surface area (Å²) in [4.78, 5) is 13.5. The summed E-state index contributed by atoms with van der Waals surface area (Å²) in [6, 6.07) is -0.101. The molecular weight excluding hydrogens is 178 g/mol. The van der Waals surface area contributed by atoms with Crippen LogP contribution in [0.1, 0.15) is 33.1 Å². The van der Waals surface area contributed by atoms with Crippen molar-refractivity contribution in [2.24, 2.45) is 5.92 Å². The molecule has 3 heteroatoms. The SMILES string of the molecule is CCOC(=O)C(C)N(C)CC1CCC1. The van der Waals surface area contributed by atoms with E-state index in [4.69, 9.17) is 4.74 Å². The van der Waals surface area contributed by atoms with Crippen LogP contribution in [0.2, 0.25) is 0 Å². The van der Waals surface area contributed by atoms with E-state index < -0.39 is 0 Å². The van der Waals surface area contributed by atoms with Gasteiger partial charge in [0, 0.05) is 6.54 Å². The lowest BCUT2D eigenvalue weighted by atomic mass is 9.85. The number of hydrogen-bond donors (Lipinski definition) is 0. The van der Waals surface area contributed by atoms with Crippen molar-refractivity contribution in [2.45, 2.75) is 39.2 Å². The van der Waals surface area contributed by atoms with Crippen molar-refractivity contribution < 1.29 is 9.53 Å². The van der Waals surface area contributed by atoms with Gasteiger partial charge in [0.1, 0.15) is 6.04 Å². The van der Waals surface area contributed by atoms with Crippen LogP contribution in [-0.4, -0.2) is 37.1 Å². The Labute approximate surface area is 86.4 Å². The lowest BCUT2D eigenvalue weighted by Gasteiger charge is -2.32. The normalized spacial score (nSPS) is 19.1. The molecule has 1 unspecified atom stereocenters. The Kier molecular flexibility index (Phi) is 4.39. The van der Waals surface area contributed by atoms with Crippen molar-refractivity contribution >= 4 is 5.97 Å². The Morgan fingerprint density at radius 1 is 1.57 bits per heavy atom. The van der Waals surface area contributed by atoms with Gasteiger partial charge in [0.2, 0.25) is 0 Å². The molecule has 1 aliphatic carbocycles. The zero-order valence-corrected chi connectivity index (χ0v) is 9.45. The molecule has 1 fully saturated rings. The molecule has 0 aromatic rings.